The molecule has 1 saturated heterocycles. The zero-order valence-corrected chi connectivity index (χ0v) is 18.6. The molecule has 2 aromatic carbocycles. The van der Waals surface area contributed by atoms with Crippen LogP contribution in [0.3, 0.4) is 0 Å². The number of anilines is 1. The Morgan fingerprint density at radius 3 is 2.97 bits per heavy atom. The van der Waals surface area contributed by atoms with Gasteiger partial charge in [-0.3, -0.25) is 0 Å². The van der Waals surface area contributed by atoms with E-state index in [2.05, 4.69) is 52.8 Å². The number of fused-ring (bicyclic) bond motifs is 1. The van der Waals surface area contributed by atoms with E-state index in [0.29, 0.717) is 17.1 Å². The average Bonchev–Trinajstić information content (AvgIpc) is 3.17. The third-order valence-electron chi connectivity index (χ3n) is 5.65. The van der Waals surface area contributed by atoms with Gasteiger partial charge < -0.3 is 20.3 Å². The van der Waals surface area contributed by atoms with Gasteiger partial charge in [0.25, 0.3) is 0 Å². The molecule has 1 atom stereocenters. The molecule has 0 aromatic heterocycles. The second-order valence-corrected chi connectivity index (χ2v) is 8.42. The van der Waals surface area contributed by atoms with Crippen molar-refractivity contribution in [1.82, 2.24) is 10.2 Å². The zero-order chi connectivity index (χ0) is 21.6. The van der Waals surface area contributed by atoms with Crippen LogP contribution in [0.15, 0.2) is 48.2 Å². The molecule has 0 amide bonds. The predicted octanol–water partition coefficient (Wildman–Crippen LogP) is 3.30. The molecule has 2 heterocycles. The van der Waals surface area contributed by atoms with Crippen LogP contribution >= 0.6 is 11.6 Å². The number of ether oxygens (including phenoxy) is 1. The quantitative estimate of drug-likeness (QED) is 0.725. The Kier molecular flexibility index (Phi) is 6.86. The number of nitrogens with zero attached hydrogens (tertiary/aromatic N) is 1. The van der Waals surface area contributed by atoms with Crippen LogP contribution in [0.25, 0.3) is 12.3 Å². The molecule has 0 spiro atoms. The van der Waals surface area contributed by atoms with Crippen LogP contribution in [-0.4, -0.2) is 37.7 Å². The summed E-state index contributed by atoms with van der Waals surface area (Å²) in [6.07, 6.45) is 15.0. The number of likely N-dealkylation sites (N-methyl/N-ethyl adjacent to an activating group) is 1. The summed E-state index contributed by atoms with van der Waals surface area (Å²) in [7, 11) is 2.14. The number of benzene rings is 2. The van der Waals surface area contributed by atoms with Crippen molar-refractivity contribution in [3.8, 4) is 18.1 Å². The molecule has 31 heavy (non-hydrogen) atoms. The van der Waals surface area contributed by atoms with Crippen molar-refractivity contribution in [2.75, 3.05) is 32.0 Å². The summed E-state index contributed by atoms with van der Waals surface area (Å²) in [5.74, 6) is 3.56. The molecule has 1 fully saturated rings. The van der Waals surface area contributed by atoms with Crippen molar-refractivity contribution >= 4 is 29.6 Å². The molecule has 4 rings (SSSR count). The number of likely N-dealkylation sites (tertiary alicyclic amines) is 1. The highest BCUT2D eigenvalue weighted by Gasteiger charge is 2.20. The van der Waals surface area contributed by atoms with Gasteiger partial charge in [0, 0.05) is 54.1 Å². The van der Waals surface area contributed by atoms with Gasteiger partial charge in [-0.1, -0.05) is 35.7 Å². The van der Waals surface area contributed by atoms with Gasteiger partial charge >= 0.3 is 0 Å². The van der Waals surface area contributed by atoms with Gasteiger partial charge in [-0.15, -0.1) is 6.42 Å². The van der Waals surface area contributed by atoms with Gasteiger partial charge in [-0.25, -0.2) is 0 Å². The molecular formula is C26H28ClN3O. The van der Waals surface area contributed by atoms with Gasteiger partial charge in [0.05, 0.1) is 5.02 Å². The molecule has 0 saturated carbocycles. The molecule has 160 valence electrons. The molecule has 0 radical (unpaired) electrons. The summed E-state index contributed by atoms with van der Waals surface area (Å²) >= 11 is 6.49. The molecule has 4 nitrogen and oxygen atoms in total. The molecule has 2 aliphatic heterocycles. The highest BCUT2D eigenvalue weighted by Crippen LogP contribution is 2.23. The van der Waals surface area contributed by atoms with Crippen LogP contribution in [0.2, 0.25) is 5.02 Å². The van der Waals surface area contributed by atoms with Gasteiger partial charge in [0.2, 0.25) is 0 Å². The van der Waals surface area contributed by atoms with E-state index < -0.39 is 0 Å². The maximum absolute atomic E-state index is 6.49. The third-order valence-corrected chi connectivity index (χ3v) is 6.06. The zero-order valence-electron chi connectivity index (χ0n) is 17.8. The van der Waals surface area contributed by atoms with E-state index in [4.69, 9.17) is 22.8 Å². The lowest BCUT2D eigenvalue weighted by molar-refractivity contribution is 0.208. The molecule has 0 bridgehead atoms. The number of halogens is 1. The van der Waals surface area contributed by atoms with E-state index in [-0.39, 0.29) is 6.10 Å². The van der Waals surface area contributed by atoms with Crippen LogP contribution in [0.1, 0.15) is 24.8 Å². The lowest BCUT2D eigenvalue weighted by Crippen LogP contribution is -2.29. The highest BCUT2D eigenvalue weighted by atomic mass is 35.5. The number of hydrogen-bond acceptors (Lipinski definition) is 4. The molecule has 0 unspecified atom stereocenters. The average molecular weight is 434 g/mol. The minimum atomic E-state index is 0.268. The standard InChI is InChI=1S/C26H28ClN3O/c1-3-19-10-11-20-6-4-7-21(12-14-28-17-25(20)26(19)27)29-22-8-5-9-23(16-22)31-24-13-15-30(2)18-24/h1,5-6,8-12,16-17,24,28-29H,4,7,13-15,18H2,2H3/b20-6+,21-12+,25-17+/t24-/m1/s1. The first-order chi connectivity index (χ1) is 15.1. The number of allylic oxidation sites excluding steroid dienone is 1. The van der Waals surface area contributed by atoms with Crippen LogP contribution in [0, 0.1) is 12.3 Å². The van der Waals surface area contributed by atoms with Crippen molar-refractivity contribution in [2.45, 2.75) is 25.4 Å². The Labute approximate surface area is 189 Å². The molecule has 2 N–H and O–H groups in total. The monoisotopic (exact) mass is 433 g/mol. The van der Waals surface area contributed by atoms with E-state index in [1.165, 1.54) is 5.70 Å². The molecule has 0 aliphatic carbocycles. The fourth-order valence-corrected chi connectivity index (χ4v) is 4.28. The summed E-state index contributed by atoms with van der Waals surface area (Å²) in [6.45, 7) is 2.77. The highest BCUT2D eigenvalue weighted by molar-refractivity contribution is 6.31. The van der Waals surface area contributed by atoms with Gasteiger partial charge in [-0.05, 0) is 55.8 Å². The second-order valence-electron chi connectivity index (χ2n) is 8.04. The molecule has 2 aromatic rings. The summed E-state index contributed by atoms with van der Waals surface area (Å²) < 4.78 is 6.17. The van der Waals surface area contributed by atoms with E-state index in [9.17, 15) is 0 Å². The lowest BCUT2D eigenvalue weighted by atomic mass is 10.1. The number of terminal acetylenes is 1. The van der Waals surface area contributed by atoms with Gasteiger partial charge in [0.1, 0.15) is 11.9 Å². The first-order valence-corrected chi connectivity index (χ1v) is 11.1. The minimum absolute atomic E-state index is 0.268. The van der Waals surface area contributed by atoms with E-state index in [1.807, 2.05) is 30.5 Å². The predicted molar refractivity (Wildman–Crippen MR) is 129 cm³/mol. The topological polar surface area (TPSA) is 36.5 Å². The smallest absolute Gasteiger partial charge is 0.121 e. The second kappa shape index (κ2) is 9.96. The first kappa shape index (κ1) is 21.4. The van der Waals surface area contributed by atoms with E-state index in [0.717, 1.165) is 54.2 Å². The molecular weight excluding hydrogens is 406 g/mol. The van der Waals surface area contributed by atoms with Gasteiger partial charge in [0.15, 0.2) is 0 Å². The third kappa shape index (κ3) is 5.44. The Bertz CT molecular complexity index is 1130. The fraction of sp³-hybridized carbons (Fsp3) is 0.308. The van der Waals surface area contributed by atoms with Crippen LogP contribution < -0.4 is 25.8 Å². The number of hydrogen-bond donors (Lipinski definition) is 2. The molecule has 2 aliphatic rings. The SMILES string of the molecule is C#Cc1ccc2/c(c1Cl)=C\NC/C=C(/Nc1cccc(O[C@@H]3CCN(C)C3)c1)CC/C=2. The number of rotatable bonds is 4. The van der Waals surface area contributed by atoms with Crippen LogP contribution in [0.5, 0.6) is 5.75 Å². The van der Waals surface area contributed by atoms with E-state index in [1.54, 1.807) is 0 Å². The van der Waals surface area contributed by atoms with Gasteiger partial charge in [-0.2, -0.15) is 0 Å². The van der Waals surface area contributed by atoms with Crippen molar-refractivity contribution in [1.29, 1.82) is 0 Å². The van der Waals surface area contributed by atoms with E-state index >= 15 is 0 Å². The molecule has 5 heteroatoms. The Morgan fingerprint density at radius 1 is 1.26 bits per heavy atom. The first-order valence-electron chi connectivity index (χ1n) is 10.7. The van der Waals surface area contributed by atoms with Crippen molar-refractivity contribution in [3.63, 3.8) is 0 Å². The summed E-state index contributed by atoms with van der Waals surface area (Å²) in [6, 6.07) is 12.2. The lowest BCUT2D eigenvalue weighted by Gasteiger charge is -2.16. The maximum atomic E-state index is 6.49. The largest absolute Gasteiger partial charge is 0.489 e. The Balaban J connectivity index is 1.46. The summed E-state index contributed by atoms with van der Waals surface area (Å²) in [5.41, 5.74) is 2.93. The normalized spacial score (nSPS) is 22.9. The van der Waals surface area contributed by atoms with Crippen molar-refractivity contribution in [3.05, 3.63) is 69.2 Å². The minimum Gasteiger partial charge on any atom is -0.489 e. The maximum Gasteiger partial charge on any atom is 0.121 e. The van der Waals surface area contributed by atoms with Crippen LogP contribution in [0.4, 0.5) is 5.69 Å². The summed E-state index contributed by atoms with van der Waals surface area (Å²) in [4.78, 5) is 2.30. The number of nitrogens with one attached hydrogen (secondary N) is 2. The van der Waals surface area contributed by atoms with Crippen LogP contribution in [-0.2, 0) is 0 Å². The Morgan fingerprint density at radius 2 is 2.16 bits per heavy atom. The fourth-order valence-electron chi connectivity index (χ4n) is 4.00. The van der Waals surface area contributed by atoms with Crippen molar-refractivity contribution < 1.29 is 4.74 Å². The Hall–Kier alpha value is -2.87. The summed E-state index contributed by atoms with van der Waals surface area (Å²) in [5, 5.41) is 9.57. The van der Waals surface area contributed by atoms with Crippen molar-refractivity contribution in [2.24, 2.45) is 0 Å².